The van der Waals surface area contributed by atoms with Crippen molar-refractivity contribution in [3.8, 4) is 0 Å². The lowest BCUT2D eigenvalue weighted by Gasteiger charge is -2.22. The quantitative estimate of drug-likeness (QED) is 0.433. The summed E-state index contributed by atoms with van der Waals surface area (Å²) in [5, 5.41) is 15.9. The number of rotatable bonds is 8. The van der Waals surface area contributed by atoms with E-state index < -0.39 is 11.0 Å². The van der Waals surface area contributed by atoms with Crippen LogP contribution in [0.2, 0.25) is 0 Å². The number of hydrogen-bond acceptors (Lipinski definition) is 4. The van der Waals surface area contributed by atoms with Crippen molar-refractivity contribution < 1.29 is 9.90 Å². The van der Waals surface area contributed by atoms with Gasteiger partial charge in [-0.1, -0.05) is 20.8 Å². The van der Waals surface area contributed by atoms with Gasteiger partial charge in [-0.2, -0.15) is 0 Å². The first kappa shape index (κ1) is 20.0. The summed E-state index contributed by atoms with van der Waals surface area (Å²) < 4.78 is 0. The Morgan fingerprint density at radius 1 is 1.33 bits per heavy atom. The average Bonchev–Trinajstić information content (AvgIpc) is 2.48. The topological polar surface area (TPSA) is 99.7 Å². The Morgan fingerprint density at radius 2 is 2.00 bits per heavy atom. The summed E-state index contributed by atoms with van der Waals surface area (Å²) in [6.07, 6.45) is 2.57. The Kier molecular flexibility index (Phi) is 6.78. The maximum Gasteiger partial charge on any atom is 0.230 e. The summed E-state index contributed by atoms with van der Waals surface area (Å²) in [6.45, 7) is 9.94. The van der Waals surface area contributed by atoms with Crippen LogP contribution in [-0.4, -0.2) is 29.5 Å². The lowest BCUT2D eigenvalue weighted by atomic mass is 9.89. The van der Waals surface area contributed by atoms with E-state index in [1.807, 2.05) is 32.9 Å². The normalized spacial score (nSPS) is 12.4. The molecule has 0 heterocycles. The van der Waals surface area contributed by atoms with Crippen molar-refractivity contribution >= 4 is 29.3 Å². The van der Waals surface area contributed by atoms with Gasteiger partial charge in [0.2, 0.25) is 5.91 Å². The molecule has 1 amide bonds. The van der Waals surface area contributed by atoms with Crippen LogP contribution >= 0.6 is 0 Å². The van der Waals surface area contributed by atoms with E-state index in [2.05, 4.69) is 15.6 Å². The van der Waals surface area contributed by atoms with Crippen LogP contribution < -0.4 is 16.4 Å². The summed E-state index contributed by atoms with van der Waals surface area (Å²) in [5.41, 5.74) is 6.38. The van der Waals surface area contributed by atoms with Gasteiger partial charge in [-0.3, -0.25) is 4.79 Å². The fourth-order valence-corrected chi connectivity index (χ4v) is 1.91. The van der Waals surface area contributed by atoms with Crippen molar-refractivity contribution in [1.29, 1.82) is 0 Å². The third-order valence-corrected chi connectivity index (χ3v) is 4.02. The molecule has 24 heavy (non-hydrogen) atoms. The summed E-state index contributed by atoms with van der Waals surface area (Å²) in [5.74, 6) is -0.0320. The molecule has 0 saturated carbocycles. The van der Waals surface area contributed by atoms with E-state index >= 15 is 0 Å². The zero-order valence-electron chi connectivity index (χ0n) is 15.3. The predicted octanol–water partition coefficient (Wildman–Crippen LogP) is 3.25. The number of nitrogens with one attached hydrogen (secondary N) is 2. The van der Waals surface area contributed by atoms with Crippen molar-refractivity contribution in [3.63, 3.8) is 0 Å². The van der Waals surface area contributed by atoms with E-state index in [4.69, 9.17) is 5.73 Å². The van der Waals surface area contributed by atoms with Gasteiger partial charge in [0, 0.05) is 17.6 Å². The molecule has 0 atom stereocenters. The number of aliphatic imine (C=N–C) groups is 1. The molecule has 0 aliphatic rings. The van der Waals surface area contributed by atoms with E-state index in [1.165, 1.54) is 6.34 Å². The monoisotopic (exact) mass is 334 g/mol. The SMILES string of the molecule is CCC(C)(C)C(=O)Nc1ccc(NCCC(C)(C)O)c(N=CN)c1. The number of carbonyl (C=O) groups is 1. The number of anilines is 2. The molecule has 0 unspecified atom stereocenters. The minimum atomic E-state index is -0.732. The minimum Gasteiger partial charge on any atom is -0.390 e. The molecule has 0 saturated heterocycles. The highest BCUT2D eigenvalue weighted by Crippen LogP contribution is 2.30. The average molecular weight is 334 g/mol. The fourth-order valence-electron chi connectivity index (χ4n) is 1.91. The van der Waals surface area contributed by atoms with Gasteiger partial charge < -0.3 is 21.5 Å². The van der Waals surface area contributed by atoms with E-state index in [1.54, 1.807) is 19.9 Å². The molecule has 0 aliphatic carbocycles. The highest BCUT2D eigenvalue weighted by molar-refractivity contribution is 5.95. The molecule has 0 bridgehead atoms. The highest BCUT2D eigenvalue weighted by Gasteiger charge is 2.25. The van der Waals surface area contributed by atoms with Crippen LogP contribution in [0, 0.1) is 5.41 Å². The van der Waals surface area contributed by atoms with Gasteiger partial charge in [0.15, 0.2) is 0 Å². The van der Waals surface area contributed by atoms with E-state index in [9.17, 15) is 9.90 Å². The van der Waals surface area contributed by atoms with Crippen molar-refractivity contribution in [2.75, 3.05) is 17.2 Å². The third kappa shape index (κ3) is 6.20. The van der Waals surface area contributed by atoms with Crippen LogP contribution in [0.15, 0.2) is 23.2 Å². The van der Waals surface area contributed by atoms with Crippen LogP contribution in [-0.2, 0) is 4.79 Å². The summed E-state index contributed by atoms with van der Waals surface area (Å²) in [6, 6.07) is 5.45. The molecule has 0 spiro atoms. The van der Waals surface area contributed by atoms with Crippen molar-refractivity contribution in [2.24, 2.45) is 16.1 Å². The van der Waals surface area contributed by atoms with Crippen LogP contribution in [0.25, 0.3) is 0 Å². The van der Waals surface area contributed by atoms with Crippen LogP contribution in [0.1, 0.15) is 47.5 Å². The number of nitrogens with two attached hydrogens (primary N) is 1. The molecule has 1 aromatic rings. The largest absolute Gasteiger partial charge is 0.390 e. The fraction of sp³-hybridized carbons (Fsp3) is 0.556. The van der Waals surface area contributed by atoms with Crippen LogP contribution in [0.4, 0.5) is 17.1 Å². The molecule has 0 fully saturated rings. The molecule has 0 radical (unpaired) electrons. The second-order valence-corrected chi connectivity index (χ2v) is 7.19. The first-order valence-electron chi connectivity index (χ1n) is 8.25. The van der Waals surface area contributed by atoms with E-state index in [0.29, 0.717) is 24.3 Å². The first-order valence-corrected chi connectivity index (χ1v) is 8.25. The molecule has 134 valence electrons. The molecule has 6 heteroatoms. The molecular weight excluding hydrogens is 304 g/mol. The third-order valence-electron chi connectivity index (χ3n) is 4.02. The van der Waals surface area contributed by atoms with Gasteiger partial charge in [0.25, 0.3) is 0 Å². The number of amides is 1. The number of nitrogens with zero attached hydrogens (tertiary/aromatic N) is 1. The molecule has 6 nitrogen and oxygen atoms in total. The first-order chi connectivity index (χ1) is 11.1. The van der Waals surface area contributed by atoms with Crippen LogP contribution in [0.5, 0.6) is 0 Å². The second kappa shape index (κ2) is 8.15. The Balaban J connectivity index is 2.89. The molecular formula is C18H30N4O2. The van der Waals surface area contributed by atoms with Crippen molar-refractivity contribution in [2.45, 2.75) is 53.1 Å². The van der Waals surface area contributed by atoms with Gasteiger partial charge in [-0.15, -0.1) is 0 Å². The van der Waals surface area contributed by atoms with Gasteiger partial charge in [0.1, 0.15) is 0 Å². The number of carbonyl (C=O) groups excluding carboxylic acids is 1. The molecule has 0 aromatic heterocycles. The lowest BCUT2D eigenvalue weighted by Crippen LogP contribution is -2.29. The lowest BCUT2D eigenvalue weighted by molar-refractivity contribution is -0.124. The number of benzene rings is 1. The van der Waals surface area contributed by atoms with Gasteiger partial charge in [-0.25, -0.2) is 4.99 Å². The Labute approximate surface area is 144 Å². The summed E-state index contributed by atoms with van der Waals surface area (Å²) in [7, 11) is 0. The zero-order chi connectivity index (χ0) is 18.4. The Morgan fingerprint density at radius 3 is 2.54 bits per heavy atom. The number of hydrogen-bond donors (Lipinski definition) is 4. The Bertz CT molecular complexity index is 589. The zero-order valence-corrected chi connectivity index (χ0v) is 15.3. The number of aliphatic hydroxyl groups is 1. The molecule has 1 aromatic carbocycles. The summed E-state index contributed by atoms with van der Waals surface area (Å²) in [4.78, 5) is 16.4. The van der Waals surface area contributed by atoms with Gasteiger partial charge >= 0.3 is 0 Å². The van der Waals surface area contributed by atoms with Crippen LogP contribution in [0.3, 0.4) is 0 Å². The Hall–Kier alpha value is -2.08. The van der Waals surface area contributed by atoms with Crippen molar-refractivity contribution in [1.82, 2.24) is 0 Å². The van der Waals surface area contributed by atoms with Gasteiger partial charge in [0.05, 0.1) is 23.3 Å². The molecule has 5 N–H and O–H groups in total. The summed E-state index contributed by atoms with van der Waals surface area (Å²) >= 11 is 0. The second-order valence-electron chi connectivity index (χ2n) is 7.19. The maximum atomic E-state index is 12.3. The standard InChI is InChI=1S/C18H30N4O2/c1-6-17(2,3)16(23)22-13-7-8-14(15(11-13)21-12-19)20-10-9-18(4,5)24/h7-8,11-12,20,24H,6,9-10H2,1-5H3,(H2,19,21)(H,22,23). The van der Waals surface area contributed by atoms with E-state index in [0.717, 1.165) is 12.1 Å². The smallest absolute Gasteiger partial charge is 0.230 e. The highest BCUT2D eigenvalue weighted by atomic mass is 16.3. The van der Waals surface area contributed by atoms with Gasteiger partial charge in [-0.05, 0) is 44.9 Å². The maximum absolute atomic E-state index is 12.3. The molecule has 0 aliphatic heterocycles. The minimum absolute atomic E-state index is 0.0320. The van der Waals surface area contributed by atoms with E-state index in [-0.39, 0.29) is 5.91 Å². The molecule has 1 rings (SSSR count). The predicted molar refractivity (Wildman–Crippen MR) is 101 cm³/mol. The van der Waals surface area contributed by atoms with Crippen molar-refractivity contribution in [3.05, 3.63) is 18.2 Å².